The number of hydrogen-bond acceptors (Lipinski definition) is 4. The molecule has 0 aliphatic heterocycles. The molecule has 4 nitrogen and oxygen atoms in total. The van der Waals surface area contributed by atoms with Gasteiger partial charge in [-0.25, -0.2) is 9.18 Å². The molecule has 1 aromatic carbocycles. The summed E-state index contributed by atoms with van der Waals surface area (Å²) in [4.78, 5) is 11.2. The van der Waals surface area contributed by atoms with Crippen LogP contribution in [0.3, 0.4) is 0 Å². The molecule has 0 radical (unpaired) electrons. The standard InChI is InChI=1S/C10H10FIO4/c1-14-5-16-9-4-7(11)6(3-8(9)12)10(13)15-2/h3-4H,5H2,1-2H3. The van der Waals surface area contributed by atoms with E-state index >= 15 is 0 Å². The number of ether oxygens (including phenoxy) is 3. The molecule has 0 spiro atoms. The molecule has 0 aliphatic carbocycles. The minimum absolute atomic E-state index is 0.0208. The fourth-order valence-electron chi connectivity index (χ4n) is 1.03. The van der Waals surface area contributed by atoms with Crippen LogP contribution in [0.4, 0.5) is 4.39 Å². The lowest BCUT2D eigenvalue weighted by atomic mass is 10.2. The van der Waals surface area contributed by atoms with Crippen LogP contribution in [0.2, 0.25) is 0 Å². The Labute approximate surface area is 106 Å². The van der Waals surface area contributed by atoms with Gasteiger partial charge in [0.1, 0.15) is 11.6 Å². The molecule has 1 rings (SSSR count). The maximum Gasteiger partial charge on any atom is 0.340 e. The van der Waals surface area contributed by atoms with Crippen molar-refractivity contribution in [3.8, 4) is 5.75 Å². The molecule has 0 saturated heterocycles. The maximum atomic E-state index is 13.5. The summed E-state index contributed by atoms with van der Waals surface area (Å²) in [6, 6.07) is 2.50. The highest BCUT2D eigenvalue weighted by molar-refractivity contribution is 14.1. The second kappa shape index (κ2) is 6.00. The summed E-state index contributed by atoms with van der Waals surface area (Å²) in [5.74, 6) is -1.07. The first-order valence-electron chi connectivity index (χ1n) is 4.29. The monoisotopic (exact) mass is 340 g/mol. The van der Waals surface area contributed by atoms with Crippen molar-refractivity contribution in [2.24, 2.45) is 0 Å². The van der Waals surface area contributed by atoms with Gasteiger partial charge in [0.05, 0.1) is 16.2 Å². The van der Waals surface area contributed by atoms with Crippen LogP contribution in [-0.2, 0) is 9.47 Å². The van der Waals surface area contributed by atoms with Crippen LogP contribution in [-0.4, -0.2) is 27.0 Å². The van der Waals surface area contributed by atoms with Gasteiger partial charge in [0.25, 0.3) is 0 Å². The number of benzene rings is 1. The topological polar surface area (TPSA) is 44.8 Å². The molecule has 0 N–H and O–H groups in total. The number of rotatable bonds is 4. The van der Waals surface area contributed by atoms with Gasteiger partial charge in [-0.2, -0.15) is 0 Å². The molecule has 0 aromatic heterocycles. The number of methoxy groups -OCH3 is 2. The molecule has 0 unspecified atom stereocenters. The first kappa shape index (κ1) is 13.2. The van der Waals surface area contributed by atoms with Gasteiger partial charge in [0.15, 0.2) is 6.79 Å². The number of hydrogen-bond donors (Lipinski definition) is 0. The smallest absolute Gasteiger partial charge is 0.340 e. The molecule has 0 heterocycles. The Morgan fingerprint density at radius 3 is 2.69 bits per heavy atom. The summed E-state index contributed by atoms with van der Waals surface area (Å²) in [5, 5.41) is 0. The Balaban J connectivity index is 3.02. The Kier molecular flexibility index (Phi) is 4.94. The van der Waals surface area contributed by atoms with E-state index < -0.39 is 11.8 Å². The van der Waals surface area contributed by atoms with E-state index in [1.807, 2.05) is 22.6 Å². The lowest BCUT2D eigenvalue weighted by Crippen LogP contribution is -2.07. The fraction of sp³-hybridized carbons (Fsp3) is 0.300. The second-order valence-corrected chi connectivity index (χ2v) is 3.97. The molecule has 16 heavy (non-hydrogen) atoms. The molecule has 0 atom stereocenters. The largest absolute Gasteiger partial charge is 0.466 e. The van der Waals surface area contributed by atoms with Crippen molar-refractivity contribution in [2.45, 2.75) is 0 Å². The zero-order chi connectivity index (χ0) is 12.1. The van der Waals surface area contributed by atoms with Crippen molar-refractivity contribution >= 4 is 28.6 Å². The first-order chi connectivity index (χ1) is 7.60. The van der Waals surface area contributed by atoms with Gasteiger partial charge in [0, 0.05) is 13.2 Å². The van der Waals surface area contributed by atoms with Gasteiger partial charge in [0.2, 0.25) is 0 Å². The highest BCUT2D eigenvalue weighted by Crippen LogP contribution is 2.25. The highest BCUT2D eigenvalue weighted by atomic mass is 127. The van der Waals surface area contributed by atoms with Gasteiger partial charge in [-0.1, -0.05) is 0 Å². The number of esters is 1. The van der Waals surface area contributed by atoms with Crippen LogP contribution in [0.1, 0.15) is 10.4 Å². The summed E-state index contributed by atoms with van der Waals surface area (Å²) in [7, 11) is 2.66. The number of halogens is 2. The van der Waals surface area contributed by atoms with Crippen molar-refractivity contribution in [3.05, 3.63) is 27.1 Å². The minimum atomic E-state index is -0.714. The fourth-order valence-corrected chi connectivity index (χ4v) is 1.65. The van der Waals surface area contributed by atoms with E-state index in [1.54, 1.807) is 0 Å². The summed E-state index contributed by atoms with van der Waals surface area (Å²) in [6.07, 6.45) is 0. The molecule has 0 aliphatic rings. The van der Waals surface area contributed by atoms with Crippen LogP contribution in [0, 0.1) is 9.39 Å². The summed E-state index contributed by atoms with van der Waals surface area (Å²) >= 11 is 1.94. The van der Waals surface area contributed by atoms with E-state index in [1.165, 1.54) is 20.3 Å². The van der Waals surface area contributed by atoms with Crippen molar-refractivity contribution < 1.29 is 23.4 Å². The Morgan fingerprint density at radius 1 is 1.44 bits per heavy atom. The zero-order valence-corrected chi connectivity index (χ0v) is 10.9. The van der Waals surface area contributed by atoms with Crippen molar-refractivity contribution in [2.75, 3.05) is 21.0 Å². The predicted molar refractivity (Wildman–Crippen MR) is 63.0 cm³/mol. The first-order valence-corrected chi connectivity index (χ1v) is 5.37. The third kappa shape index (κ3) is 3.05. The normalized spacial score (nSPS) is 10.0. The highest BCUT2D eigenvalue weighted by Gasteiger charge is 2.15. The van der Waals surface area contributed by atoms with E-state index in [0.29, 0.717) is 9.32 Å². The van der Waals surface area contributed by atoms with Crippen molar-refractivity contribution in [1.82, 2.24) is 0 Å². The van der Waals surface area contributed by atoms with Crippen LogP contribution >= 0.6 is 22.6 Å². The van der Waals surface area contributed by atoms with Crippen LogP contribution in [0.15, 0.2) is 12.1 Å². The Hall–Kier alpha value is -0.890. The lowest BCUT2D eigenvalue weighted by Gasteiger charge is -2.09. The molecule has 88 valence electrons. The summed E-state index contributed by atoms with van der Waals surface area (Å²) in [5.41, 5.74) is -0.114. The molecular weight excluding hydrogens is 330 g/mol. The molecule has 6 heteroatoms. The summed E-state index contributed by atoms with van der Waals surface area (Å²) in [6.45, 7) is 0.0208. The van der Waals surface area contributed by atoms with E-state index in [9.17, 15) is 9.18 Å². The van der Waals surface area contributed by atoms with Gasteiger partial charge < -0.3 is 14.2 Å². The Morgan fingerprint density at radius 2 is 2.12 bits per heavy atom. The third-order valence-corrected chi connectivity index (χ3v) is 2.60. The van der Waals surface area contributed by atoms with Crippen molar-refractivity contribution in [3.63, 3.8) is 0 Å². The van der Waals surface area contributed by atoms with Gasteiger partial charge in [-0.3, -0.25) is 0 Å². The van der Waals surface area contributed by atoms with Gasteiger partial charge in [-0.15, -0.1) is 0 Å². The molecule has 1 aromatic rings. The third-order valence-electron chi connectivity index (χ3n) is 1.76. The molecule has 0 amide bonds. The lowest BCUT2D eigenvalue weighted by molar-refractivity contribution is 0.0501. The van der Waals surface area contributed by atoms with Crippen LogP contribution in [0.5, 0.6) is 5.75 Å². The van der Waals surface area contributed by atoms with E-state index in [0.717, 1.165) is 6.07 Å². The van der Waals surface area contributed by atoms with Crippen molar-refractivity contribution in [1.29, 1.82) is 0 Å². The molecule has 0 fully saturated rings. The molecular formula is C10H10FIO4. The zero-order valence-electron chi connectivity index (χ0n) is 8.75. The quantitative estimate of drug-likeness (QED) is 0.479. The molecule has 0 bridgehead atoms. The Bertz CT molecular complexity index is 395. The maximum absolute atomic E-state index is 13.5. The average molecular weight is 340 g/mol. The average Bonchev–Trinajstić information content (AvgIpc) is 2.28. The summed E-state index contributed by atoms with van der Waals surface area (Å²) < 4.78 is 28.3. The number of carbonyl (C=O) groups excluding carboxylic acids is 1. The SMILES string of the molecule is COCOc1cc(F)c(C(=O)OC)cc1I. The molecule has 0 saturated carbocycles. The van der Waals surface area contributed by atoms with E-state index in [2.05, 4.69) is 4.74 Å². The van der Waals surface area contributed by atoms with Gasteiger partial charge >= 0.3 is 5.97 Å². The predicted octanol–water partition coefficient (Wildman–Crippen LogP) is 2.20. The second-order valence-electron chi connectivity index (χ2n) is 2.80. The van der Waals surface area contributed by atoms with E-state index in [4.69, 9.17) is 9.47 Å². The van der Waals surface area contributed by atoms with E-state index in [-0.39, 0.29) is 12.4 Å². The van der Waals surface area contributed by atoms with Crippen LogP contribution < -0.4 is 4.74 Å². The van der Waals surface area contributed by atoms with Crippen LogP contribution in [0.25, 0.3) is 0 Å². The minimum Gasteiger partial charge on any atom is -0.466 e. The number of carbonyl (C=O) groups is 1. The van der Waals surface area contributed by atoms with Gasteiger partial charge in [-0.05, 0) is 28.7 Å².